The van der Waals surface area contributed by atoms with Gasteiger partial charge in [0.2, 0.25) is 0 Å². The van der Waals surface area contributed by atoms with Crippen LogP contribution in [0.1, 0.15) is 0 Å². The molecule has 0 amide bonds. The molecule has 4 nitrogen and oxygen atoms in total. The van der Waals surface area contributed by atoms with Gasteiger partial charge < -0.3 is 13.8 Å². The molecule has 1 aliphatic heterocycles. The second-order valence-corrected chi connectivity index (χ2v) is 6.19. The van der Waals surface area contributed by atoms with Crippen molar-refractivity contribution in [1.29, 1.82) is 0 Å². The van der Waals surface area contributed by atoms with Gasteiger partial charge in [0.15, 0.2) is 0 Å². The Labute approximate surface area is 80.9 Å². The summed E-state index contributed by atoms with van der Waals surface area (Å²) in [6, 6.07) is 0. The number of nitrogens with zero attached hydrogens (tertiary/aromatic N) is 1. The summed E-state index contributed by atoms with van der Waals surface area (Å²) in [7, 11) is 2.99. The summed E-state index contributed by atoms with van der Waals surface area (Å²) in [5.41, 5.74) is 0. The summed E-state index contributed by atoms with van der Waals surface area (Å²) >= 11 is 6.56. The maximum absolute atomic E-state index is 5.17. The molecule has 12 heavy (non-hydrogen) atoms. The first-order valence-electron chi connectivity index (χ1n) is 3.27. The summed E-state index contributed by atoms with van der Waals surface area (Å²) in [6.45, 7) is -1.77. The van der Waals surface area contributed by atoms with Crippen LogP contribution in [0.5, 0.6) is 0 Å². The van der Waals surface area contributed by atoms with Gasteiger partial charge in [0.25, 0.3) is 5.23 Å². The number of rotatable bonds is 3. The van der Waals surface area contributed by atoms with Crippen molar-refractivity contribution < 1.29 is 13.8 Å². The van der Waals surface area contributed by atoms with E-state index in [0.717, 1.165) is 5.75 Å². The Hall–Kier alpha value is 0.390. The number of hydrogen-bond donors (Lipinski definition) is 0. The predicted octanol–water partition coefficient (Wildman–Crippen LogP) is 1.62. The standard InChI is InChI=1S/C5H10NO3PS2/c1-7-10(11,8-2)6-5-9-3-4-12-5/h3-4H2,1-2H3. The van der Waals surface area contributed by atoms with Crippen LogP contribution < -0.4 is 0 Å². The van der Waals surface area contributed by atoms with Crippen LogP contribution in [-0.4, -0.2) is 31.8 Å². The first-order valence-corrected chi connectivity index (χ1v) is 6.85. The van der Waals surface area contributed by atoms with E-state index < -0.39 is 6.64 Å². The molecule has 1 fully saturated rings. The Kier molecular flexibility index (Phi) is 3.99. The number of ether oxygens (including phenoxy) is 1. The largest absolute Gasteiger partial charge is 0.472 e. The van der Waals surface area contributed by atoms with Gasteiger partial charge in [0.05, 0.1) is 0 Å². The topological polar surface area (TPSA) is 40.0 Å². The summed E-state index contributed by atoms with van der Waals surface area (Å²) in [6.07, 6.45) is 0. The van der Waals surface area contributed by atoms with Crippen molar-refractivity contribution in [1.82, 2.24) is 0 Å². The van der Waals surface area contributed by atoms with Gasteiger partial charge >= 0.3 is 6.64 Å². The Balaban J connectivity index is 2.68. The molecule has 0 radical (unpaired) electrons. The zero-order chi connectivity index (χ0) is 9.03. The molecule has 0 spiro atoms. The number of hydrogen-bond acceptors (Lipinski definition) is 5. The molecular weight excluding hydrogens is 217 g/mol. The molecule has 0 saturated carbocycles. The zero-order valence-corrected chi connectivity index (χ0v) is 9.38. The van der Waals surface area contributed by atoms with E-state index in [4.69, 9.17) is 25.6 Å². The third-order valence-corrected chi connectivity index (χ3v) is 4.65. The molecule has 0 aromatic rings. The van der Waals surface area contributed by atoms with Gasteiger partial charge in [-0.25, -0.2) is 0 Å². The Bertz CT molecular complexity index is 217. The minimum atomic E-state index is -2.45. The normalized spacial score (nSPS) is 21.3. The van der Waals surface area contributed by atoms with Crippen molar-refractivity contribution in [2.75, 3.05) is 26.6 Å². The zero-order valence-electron chi connectivity index (χ0n) is 6.85. The molecule has 1 rings (SSSR count). The van der Waals surface area contributed by atoms with Crippen LogP contribution in [0, 0.1) is 0 Å². The van der Waals surface area contributed by atoms with Crippen LogP contribution >= 0.6 is 18.4 Å². The third-order valence-electron chi connectivity index (χ3n) is 1.20. The molecule has 0 aliphatic carbocycles. The van der Waals surface area contributed by atoms with Crippen LogP contribution in [0.3, 0.4) is 0 Å². The smallest absolute Gasteiger partial charge is 0.312 e. The van der Waals surface area contributed by atoms with Crippen LogP contribution in [0.2, 0.25) is 0 Å². The van der Waals surface area contributed by atoms with Crippen LogP contribution in [0.4, 0.5) is 0 Å². The van der Waals surface area contributed by atoms with E-state index in [2.05, 4.69) is 4.76 Å². The highest BCUT2D eigenvalue weighted by Crippen LogP contribution is 2.49. The van der Waals surface area contributed by atoms with Crippen molar-refractivity contribution >= 4 is 35.4 Å². The van der Waals surface area contributed by atoms with E-state index in [1.54, 1.807) is 0 Å². The molecule has 0 atom stereocenters. The fourth-order valence-electron chi connectivity index (χ4n) is 0.614. The van der Waals surface area contributed by atoms with Crippen LogP contribution in [-0.2, 0) is 25.6 Å². The van der Waals surface area contributed by atoms with Gasteiger partial charge in [-0.3, -0.25) is 0 Å². The van der Waals surface area contributed by atoms with E-state index >= 15 is 0 Å². The average molecular weight is 227 g/mol. The maximum atomic E-state index is 5.17. The van der Waals surface area contributed by atoms with E-state index in [1.165, 1.54) is 26.0 Å². The van der Waals surface area contributed by atoms with Crippen molar-refractivity contribution in [2.24, 2.45) is 4.76 Å². The SMILES string of the molecule is COP(=S)(N=C1OCCS1)OC. The van der Waals surface area contributed by atoms with Crippen molar-refractivity contribution in [2.45, 2.75) is 0 Å². The van der Waals surface area contributed by atoms with E-state index in [0.29, 0.717) is 11.8 Å². The summed E-state index contributed by atoms with van der Waals surface area (Å²) < 4.78 is 19.2. The number of thioether (sulfide) groups is 1. The van der Waals surface area contributed by atoms with E-state index in [-0.39, 0.29) is 0 Å². The lowest BCUT2D eigenvalue weighted by atomic mass is 10.9. The Morgan fingerprint density at radius 3 is 2.67 bits per heavy atom. The molecule has 0 unspecified atom stereocenters. The third kappa shape index (κ3) is 2.71. The summed E-state index contributed by atoms with van der Waals surface area (Å²) in [5, 5.41) is 0.585. The lowest BCUT2D eigenvalue weighted by Crippen LogP contribution is -1.92. The molecule has 7 heteroatoms. The second kappa shape index (κ2) is 4.58. The molecular formula is C5H10NO3PS2. The minimum absolute atomic E-state index is 0.585. The quantitative estimate of drug-likeness (QED) is 0.685. The lowest BCUT2D eigenvalue weighted by Gasteiger charge is -2.11. The Morgan fingerprint density at radius 1 is 1.58 bits per heavy atom. The lowest BCUT2D eigenvalue weighted by molar-refractivity contribution is 0.331. The van der Waals surface area contributed by atoms with Gasteiger partial charge in [-0.1, -0.05) is 11.8 Å². The van der Waals surface area contributed by atoms with Crippen LogP contribution in [0.25, 0.3) is 0 Å². The van der Waals surface area contributed by atoms with Gasteiger partial charge in [-0.15, -0.1) is 0 Å². The molecule has 1 heterocycles. The fourth-order valence-corrected chi connectivity index (χ4v) is 2.62. The van der Waals surface area contributed by atoms with E-state index in [9.17, 15) is 0 Å². The molecule has 0 aromatic heterocycles. The van der Waals surface area contributed by atoms with Crippen molar-refractivity contribution in [3.63, 3.8) is 0 Å². The van der Waals surface area contributed by atoms with Crippen molar-refractivity contribution in [3.8, 4) is 0 Å². The van der Waals surface area contributed by atoms with Crippen LogP contribution in [0.15, 0.2) is 4.76 Å². The monoisotopic (exact) mass is 227 g/mol. The first-order chi connectivity index (χ1) is 5.70. The van der Waals surface area contributed by atoms with Gasteiger partial charge in [0.1, 0.15) is 6.61 Å². The fraction of sp³-hybridized carbons (Fsp3) is 0.800. The molecule has 0 aromatic carbocycles. The maximum Gasteiger partial charge on any atom is 0.312 e. The summed E-state index contributed by atoms with van der Waals surface area (Å²) in [5.74, 6) is 0.918. The first kappa shape index (κ1) is 10.5. The molecule has 0 bridgehead atoms. The van der Waals surface area contributed by atoms with Crippen molar-refractivity contribution in [3.05, 3.63) is 0 Å². The minimum Gasteiger partial charge on any atom is -0.472 e. The highest BCUT2D eigenvalue weighted by Gasteiger charge is 2.19. The predicted molar refractivity (Wildman–Crippen MR) is 54.1 cm³/mol. The summed E-state index contributed by atoms with van der Waals surface area (Å²) in [4.78, 5) is 0. The van der Waals surface area contributed by atoms with E-state index in [1.807, 2.05) is 0 Å². The average Bonchev–Trinajstić information content (AvgIpc) is 2.57. The molecule has 0 N–H and O–H groups in total. The molecule has 70 valence electrons. The van der Waals surface area contributed by atoms with Gasteiger partial charge in [0, 0.05) is 20.0 Å². The highest BCUT2D eigenvalue weighted by atomic mass is 32.5. The van der Waals surface area contributed by atoms with Gasteiger partial charge in [-0.05, 0) is 11.8 Å². The van der Waals surface area contributed by atoms with Gasteiger partial charge in [-0.2, -0.15) is 4.76 Å². The highest BCUT2D eigenvalue weighted by molar-refractivity contribution is 8.15. The molecule has 1 aliphatic rings. The second-order valence-electron chi connectivity index (χ2n) is 1.90. The Morgan fingerprint density at radius 2 is 2.25 bits per heavy atom. The molecule has 1 saturated heterocycles.